The van der Waals surface area contributed by atoms with Gasteiger partial charge >= 0.3 is 0 Å². The molecule has 3 rings (SSSR count). The first kappa shape index (κ1) is 17.1. The number of nitrogens with one attached hydrogen (secondary N) is 1. The maximum Gasteiger partial charge on any atom is 0.253 e. The van der Waals surface area contributed by atoms with Crippen molar-refractivity contribution in [2.75, 3.05) is 45.2 Å². The lowest BCUT2D eigenvalue weighted by Gasteiger charge is -2.36. The van der Waals surface area contributed by atoms with E-state index in [0.29, 0.717) is 26.2 Å². The van der Waals surface area contributed by atoms with Crippen molar-refractivity contribution < 1.29 is 19.1 Å². The van der Waals surface area contributed by atoms with Gasteiger partial charge in [0.15, 0.2) is 0 Å². The first-order valence-electron chi connectivity index (χ1n) is 8.24. The third-order valence-electron chi connectivity index (χ3n) is 4.67. The zero-order valence-corrected chi connectivity index (χ0v) is 14.4. The zero-order valence-electron chi connectivity index (χ0n) is 14.4. The molecule has 2 heterocycles. The Kier molecular flexibility index (Phi) is 4.78. The number of hydrazine groups is 1. The maximum absolute atomic E-state index is 12.4. The summed E-state index contributed by atoms with van der Waals surface area (Å²) in [7, 11) is 3.12. The van der Waals surface area contributed by atoms with E-state index >= 15 is 0 Å². The molecular formula is C17H22N4O4. The number of hydrogen-bond donors (Lipinski definition) is 1. The maximum atomic E-state index is 12.4. The van der Waals surface area contributed by atoms with Crippen LogP contribution >= 0.6 is 0 Å². The van der Waals surface area contributed by atoms with Crippen LogP contribution in [0.25, 0.3) is 0 Å². The van der Waals surface area contributed by atoms with Crippen LogP contribution in [0.15, 0.2) is 24.3 Å². The highest BCUT2D eigenvalue weighted by Crippen LogP contribution is 2.21. The minimum Gasteiger partial charge on any atom is -0.497 e. The highest BCUT2D eigenvalue weighted by molar-refractivity contribution is 6.07. The minimum atomic E-state index is -0.905. The second kappa shape index (κ2) is 7.00. The molecular weight excluding hydrogens is 324 g/mol. The topological polar surface area (TPSA) is 82.2 Å². The van der Waals surface area contributed by atoms with Crippen LogP contribution in [0.2, 0.25) is 0 Å². The summed E-state index contributed by atoms with van der Waals surface area (Å²) >= 11 is 0. The molecule has 2 saturated heterocycles. The molecule has 0 aliphatic carbocycles. The third-order valence-corrected chi connectivity index (χ3v) is 4.67. The number of carbonyl (C=O) groups excluding carboxylic acids is 3. The van der Waals surface area contributed by atoms with Gasteiger partial charge in [0.05, 0.1) is 7.11 Å². The summed E-state index contributed by atoms with van der Waals surface area (Å²) in [6.07, 6.45) is -0.0719. The SMILES string of the molecule is COc1ccc(N2CCN(C(=O)CC3C(=O)NN(C)C3=O)CC2)cc1. The van der Waals surface area contributed by atoms with Crippen LogP contribution in [0, 0.1) is 5.92 Å². The monoisotopic (exact) mass is 346 g/mol. The van der Waals surface area contributed by atoms with Gasteiger partial charge in [0.1, 0.15) is 11.7 Å². The smallest absolute Gasteiger partial charge is 0.253 e. The average Bonchev–Trinajstić information content (AvgIpc) is 2.88. The van der Waals surface area contributed by atoms with Crippen molar-refractivity contribution in [1.82, 2.24) is 15.3 Å². The highest BCUT2D eigenvalue weighted by Gasteiger charge is 2.39. The summed E-state index contributed by atoms with van der Waals surface area (Å²) in [5.41, 5.74) is 3.50. The van der Waals surface area contributed by atoms with E-state index in [1.165, 1.54) is 7.05 Å². The Morgan fingerprint density at radius 3 is 2.32 bits per heavy atom. The summed E-state index contributed by atoms with van der Waals surface area (Å²) in [5, 5.41) is 1.14. The van der Waals surface area contributed by atoms with Gasteiger partial charge in [-0.05, 0) is 24.3 Å². The average molecular weight is 346 g/mol. The lowest BCUT2D eigenvalue weighted by molar-refractivity contribution is -0.139. The fourth-order valence-corrected chi connectivity index (χ4v) is 3.14. The Morgan fingerprint density at radius 2 is 1.80 bits per heavy atom. The van der Waals surface area contributed by atoms with E-state index in [2.05, 4.69) is 10.3 Å². The van der Waals surface area contributed by atoms with Crippen LogP contribution in [0.1, 0.15) is 6.42 Å². The molecule has 2 aliphatic rings. The van der Waals surface area contributed by atoms with Gasteiger partial charge in [-0.1, -0.05) is 0 Å². The molecule has 3 amide bonds. The van der Waals surface area contributed by atoms with Crippen LogP contribution in [-0.4, -0.2) is 68.0 Å². The molecule has 1 unspecified atom stereocenters. The number of rotatable bonds is 4. The van der Waals surface area contributed by atoms with Crippen molar-refractivity contribution in [3.8, 4) is 5.75 Å². The Bertz CT molecular complexity index is 668. The van der Waals surface area contributed by atoms with Crippen LogP contribution < -0.4 is 15.1 Å². The Morgan fingerprint density at radius 1 is 1.16 bits per heavy atom. The number of hydrogen-bond acceptors (Lipinski definition) is 5. The molecule has 2 fully saturated rings. The van der Waals surface area contributed by atoms with E-state index in [0.717, 1.165) is 16.4 Å². The Labute approximate surface area is 146 Å². The molecule has 0 bridgehead atoms. The zero-order chi connectivity index (χ0) is 18.0. The summed E-state index contributed by atoms with van der Waals surface area (Å²) in [6, 6.07) is 7.81. The van der Waals surface area contributed by atoms with E-state index in [9.17, 15) is 14.4 Å². The second-order valence-electron chi connectivity index (χ2n) is 6.20. The largest absolute Gasteiger partial charge is 0.497 e. The van der Waals surface area contributed by atoms with Gasteiger partial charge in [0, 0.05) is 45.3 Å². The van der Waals surface area contributed by atoms with Crippen molar-refractivity contribution in [2.24, 2.45) is 5.92 Å². The fourth-order valence-electron chi connectivity index (χ4n) is 3.14. The van der Waals surface area contributed by atoms with Gasteiger partial charge in [0.25, 0.3) is 11.8 Å². The second-order valence-corrected chi connectivity index (χ2v) is 6.20. The molecule has 8 nitrogen and oxygen atoms in total. The molecule has 2 aliphatic heterocycles. The number of nitrogens with zero attached hydrogens (tertiary/aromatic N) is 3. The molecule has 1 N–H and O–H groups in total. The van der Waals surface area contributed by atoms with Crippen molar-refractivity contribution in [3.63, 3.8) is 0 Å². The lowest BCUT2D eigenvalue weighted by atomic mass is 10.0. The van der Waals surface area contributed by atoms with Crippen LogP contribution in [0.4, 0.5) is 5.69 Å². The number of amides is 3. The molecule has 1 aromatic rings. The molecule has 0 saturated carbocycles. The summed E-state index contributed by atoms with van der Waals surface area (Å²) in [4.78, 5) is 40.0. The van der Waals surface area contributed by atoms with Gasteiger partial charge in [0.2, 0.25) is 5.91 Å². The van der Waals surface area contributed by atoms with E-state index in [-0.39, 0.29) is 18.2 Å². The molecule has 25 heavy (non-hydrogen) atoms. The molecule has 134 valence electrons. The number of ether oxygens (including phenoxy) is 1. The number of piperazine rings is 1. The fraction of sp³-hybridized carbons (Fsp3) is 0.471. The van der Waals surface area contributed by atoms with E-state index in [1.54, 1.807) is 12.0 Å². The summed E-state index contributed by atoms with van der Waals surface area (Å²) < 4.78 is 5.16. The van der Waals surface area contributed by atoms with Gasteiger partial charge in [-0.3, -0.25) is 24.8 Å². The van der Waals surface area contributed by atoms with Crippen LogP contribution in [-0.2, 0) is 14.4 Å². The predicted molar refractivity (Wildman–Crippen MR) is 90.8 cm³/mol. The minimum absolute atomic E-state index is 0.0719. The highest BCUT2D eigenvalue weighted by atomic mass is 16.5. The van der Waals surface area contributed by atoms with E-state index in [4.69, 9.17) is 4.74 Å². The number of carbonyl (C=O) groups is 3. The summed E-state index contributed by atoms with van der Waals surface area (Å²) in [6.45, 7) is 2.57. The van der Waals surface area contributed by atoms with Gasteiger partial charge < -0.3 is 14.5 Å². The molecule has 1 aromatic carbocycles. The van der Waals surface area contributed by atoms with Gasteiger partial charge in [-0.25, -0.2) is 0 Å². The first-order chi connectivity index (χ1) is 12.0. The van der Waals surface area contributed by atoms with Crippen LogP contribution in [0.3, 0.4) is 0 Å². The molecule has 0 radical (unpaired) electrons. The Hall–Kier alpha value is -2.77. The van der Waals surface area contributed by atoms with Crippen LogP contribution in [0.5, 0.6) is 5.75 Å². The molecule has 0 spiro atoms. The normalized spacial score (nSPS) is 20.7. The Balaban J connectivity index is 1.54. The third kappa shape index (κ3) is 3.52. The quantitative estimate of drug-likeness (QED) is 0.767. The summed E-state index contributed by atoms with van der Waals surface area (Å²) in [5.74, 6) is -1.01. The van der Waals surface area contributed by atoms with E-state index in [1.807, 2.05) is 24.3 Å². The number of anilines is 1. The molecule has 8 heteroatoms. The predicted octanol–water partition coefficient (Wildman–Crippen LogP) is -0.147. The first-order valence-corrected chi connectivity index (χ1v) is 8.24. The number of benzene rings is 1. The standard InChI is InChI=1S/C17H22N4O4/c1-19-17(24)14(16(23)18-19)11-15(22)21-9-7-20(8-10-21)12-3-5-13(25-2)6-4-12/h3-6,14H,7-11H2,1-2H3,(H,18,23). The van der Waals surface area contributed by atoms with Crippen molar-refractivity contribution >= 4 is 23.4 Å². The van der Waals surface area contributed by atoms with Gasteiger partial charge in [-0.15, -0.1) is 0 Å². The van der Waals surface area contributed by atoms with Crippen molar-refractivity contribution in [3.05, 3.63) is 24.3 Å². The van der Waals surface area contributed by atoms with Crippen molar-refractivity contribution in [1.29, 1.82) is 0 Å². The lowest BCUT2D eigenvalue weighted by Crippen LogP contribution is -2.49. The molecule has 0 aromatic heterocycles. The number of methoxy groups -OCH3 is 1. The van der Waals surface area contributed by atoms with Crippen molar-refractivity contribution in [2.45, 2.75) is 6.42 Å². The van der Waals surface area contributed by atoms with Gasteiger partial charge in [-0.2, -0.15) is 0 Å². The molecule has 1 atom stereocenters. The van der Waals surface area contributed by atoms with E-state index < -0.39 is 11.8 Å².